The van der Waals surface area contributed by atoms with Crippen LogP contribution in [0.1, 0.15) is 295 Å². The highest BCUT2D eigenvalue weighted by Gasteiger charge is 2.31. The third-order valence-corrected chi connectivity index (χ3v) is 19.0. The molecule has 0 fully saturated rings. The second kappa shape index (κ2) is 27.0. The summed E-state index contributed by atoms with van der Waals surface area (Å²) in [5.41, 5.74) is 16.2. The summed E-state index contributed by atoms with van der Waals surface area (Å²) in [6.45, 7) is 43.0. The van der Waals surface area contributed by atoms with E-state index in [0.717, 1.165) is 100 Å². The molecule has 0 saturated heterocycles. The number of hydrogen-bond acceptors (Lipinski definition) is 5. The van der Waals surface area contributed by atoms with Gasteiger partial charge in [-0.25, -0.2) is 0 Å². The van der Waals surface area contributed by atoms with E-state index in [9.17, 15) is 0 Å². The first kappa shape index (κ1) is 67.1. The lowest BCUT2D eigenvalue weighted by Gasteiger charge is -2.26. The maximum absolute atomic E-state index is 16.4. The van der Waals surface area contributed by atoms with Crippen molar-refractivity contribution in [1.29, 1.82) is 0 Å². The second-order valence-electron chi connectivity index (χ2n) is 28.9. The van der Waals surface area contributed by atoms with Gasteiger partial charge in [-0.3, -0.25) is 19.2 Å². The van der Waals surface area contributed by atoms with Crippen LogP contribution in [0.25, 0.3) is 43.1 Å². The second-order valence-corrected chi connectivity index (χ2v) is 28.9. The van der Waals surface area contributed by atoms with Gasteiger partial charge in [0.2, 0.25) is 0 Å². The number of anilines is 6. The molecule has 4 amide bonds. The van der Waals surface area contributed by atoms with Gasteiger partial charge >= 0.3 is 0 Å². The van der Waals surface area contributed by atoms with Gasteiger partial charge in [0, 0.05) is 67.0 Å². The van der Waals surface area contributed by atoms with Crippen LogP contribution in [0.15, 0.2) is 133 Å². The molecule has 0 unspecified atom stereocenters. The van der Waals surface area contributed by atoms with Crippen LogP contribution in [0, 0.1) is 0 Å². The highest BCUT2D eigenvalue weighted by molar-refractivity contribution is 6.41. The standard InChI is InChI=1S/C84H97N5O4/c1-43(2)54-26-21-27-55(44(3)4)76(54)85-71-42-70(84(93)89-80-62(51(17)18)34-25-35-63(80)52(19)20)73-67(83(92)88-79-60(49(13)14)32-24-33-61(79)50(15)16)39-37-65-64-36-38-66(82(91)87-78-58(47(9)10)30-23-31-59(78)48(11)12)68-40-53(41-69(72(64)68)74(71)75(65)73)81(90)86-77-56(45(5)6)28-22-29-57(77)46(7)8/h21-52,85H,1-20H3,(H,86,90)(H,87,91)(H,88,92)(H,89,93). The Labute approximate surface area is 552 Å². The van der Waals surface area contributed by atoms with Crippen molar-refractivity contribution in [2.24, 2.45) is 0 Å². The molecule has 482 valence electrons. The first-order chi connectivity index (χ1) is 44.1. The van der Waals surface area contributed by atoms with E-state index >= 15 is 19.2 Å². The summed E-state index contributed by atoms with van der Waals surface area (Å²) in [5, 5.41) is 23.4. The van der Waals surface area contributed by atoms with Gasteiger partial charge in [-0.1, -0.05) is 242 Å². The first-order valence-electron chi connectivity index (χ1n) is 34.0. The van der Waals surface area contributed by atoms with Gasteiger partial charge in [0.1, 0.15) is 0 Å². The Hall–Kier alpha value is -8.82. The number of para-hydroxylation sites is 5. The Balaban J connectivity index is 1.40. The van der Waals surface area contributed by atoms with Crippen molar-refractivity contribution in [2.45, 2.75) is 198 Å². The van der Waals surface area contributed by atoms with Crippen molar-refractivity contribution in [1.82, 2.24) is 0 Å². The Bertz CT molecular complexity index is 4410. The molecular weight excluding hydrogens is 1140 g/mol. The van der Waals surface area contributed by atoms with Crippen molar-refractivity contribution >= 4 is 101 Å². The van der Waals surface area contributed by atoms with E-state index in [0.29, 0.717) is 54.9 Å². The molecular formula is C84H97N5O4. The molecule has 0 bridgehead atoms. The average Bonchev–Trinajstić information content (AvgIpc) is 0.696. The molecule has 0 heterocycles. The summed E-state index contributed by atoms with van der Waals surface area (Å²) in [6, 6.07) is 44.9. The van der Waals surface area contributed by atoms with Crippen LogP contribution in [0.4, 0.5) is 34.1 Å². The fourth-order valence-corrected chi connectivity index (χ4v) is 14.1. The Morgan fingerprint density at radius 1 is 0.247 bits per heavy atom. The summed E-state index contributed by atoms with van der Waals surface area (Å²) < 4.78 is 0. The Morgan fingerprint density at radius 2 is 0.527 bits per heavy atom. The molecule has 0 radical (unpaired) electrons. The molecule has 10 aromatic rings. The highest BCUT2D eigenvalue weighted by atomic mass is 16.2. The minimum absolute atomic E-state index is 0.0698. The number of benzene rings is 10. The van der Waals surface area contributed by atoms with Crippen LogP contribution in [0.5, 0.6) is 0 Å². The van der Waals surface area contributed by atoms with Crippen LogP contribution in [0.3, 0.4) is 0 Å². The Kier molecular flexibility index (Phi) is 19.5. The van der Waals surface area contributed by atoms with E-state index in [1.54, 1.807) is 0 Å². The summed E-state index contributed by atoms with van der Waals surface area (Å²) >= 11 is 0. The molecule has 5 N–H and O–H groups in total. The van der Waals surface area contributed by atoms with Gasteiger partial charge in [-0.05, 0) is 172 Å². The fraction of sp³-hybridized carbons (Fsp3) is 0.357. The lowest BCUT2D eigenvalue weighted by Crippen LogP contribution is -2.20. The van der Waals surface area contributed by atoms with E-state index in [1.807, 2.05) is 42.5 Å². The van der Waals surface area contributed by atoms with E-state index < -0.39 is 0 Å². The van der Waals surface area contributed by atoms with Crippen LogP contribution >= 0.6 is 0 Å². The molecule has 0 spiro atoms. The van der Waals surface area contributed by atoms with E-state index in [2.05, 4.69) is 256 Å². The minimum Gasteiger partial charge on any atom is -0.355 e. The zero-order valence-corrected chi connectivity index (χ0v) is 58.6. The van der Waals surface area contributed by atoms with E-state index in [-0.39, 0.29) is 82.8 Å². The Morgan fingerprint density at radius 3 is 0.871 bits per heavy atom. The molecule has 0 aliphatic carbocycles. The zero-order chi connectivity index (χ0) is 67.3. The molecule has 0 atom stereocenters. The van der Waals surface area contributed by atoms with Crippen molar-refractivity contribution in [3.8, 4) is 0 Å². The number of carbonyl (C=O) groups excluding carboxylic acids is 4. The maximum Gasteiger partial charge on any atom is 0.256 e. The van der Waals surface area contributed by atoms with E-state index in [4.69, 9.17) is 0 Å². The van der Waals surface area contributed by atoms with Crippen molar-refractivity contribution in [2.75, 3.05) is 26.6 Å². The van der Waals surface area contributed by atoms with Crippen molar-refractivity contribution < 1.29 is 19.2 Å². The molecule has 9 nitrogen and oxygen atoms in total. The summed E-state index contributed by atoms with van der Waals surface area (Å²) in [4.78, 5) is 64.2. The lowest BCUT2D eigenvalue weighted by atomic mass is 9.83. The summed E-state index contributed by atoms with van der Waals surface area (Å²) in [6.07, 6.45) is 0. The number of rotatable bonds is 20. The molecule has 0 saturated carbocycles. The van der Waals surface area contributed by atoms with Crippen molar-refractivity contribution in [3.05, 3.63) is 211 Å². The molecule has 0 aliphatic heterocycles. The van der Waals surface area contributed by atoms with Gasteiger partial charge in [0.25, 0.3) is 23.6 Å². The zero-order valence-electron chi connectivity index (χ0n) is 58.6. The average molecular weight is 1240 g/mol. The minimum atomic E-state index is -0.374. The number of fused-ring (bicyclic) bond motifs is 2. The van der Waals surface area contributed by atoms with E-state index in [1.165, 1.54) is 0 Å². The monoisotopic (exact) mass is 1240 g/mol. The number of amides is 4. The fourth-order valence-electron chi connectivity index (χ4n) is 14.1. The molecule has 0 aromatic heterocycles. The molecule has 10 rings (SSSR count). The van der Waals surface area contributed by atoms with Crippen molar-refractivity contribution in [3.63, 3.8) is 0 Å². The third kappa shape index (κ3) is 12.8. The van der Waals surface area contributed by atoms with Gasteiger partial charge in [0.05, 0.1) is 5.56 Å². The largest absolute Gasteiger partial charge is 0.355 e. The van der Waals surface area contributed by atoms with Crippen LogP contribution in [-0.2, 0) is 0 Å². The van der Waals surface area contributed by atoms with Gasteiger partial charge in [-0.15, -0.1) is 0 Å². The number of carbonyl (C=O) groups is 4. The van der Waals surface area contributed by atoms with Gasteiger partial charge in [0.15, 0.2) is 0 Å². The topological polar surface area (TPSA) is 128 Å². The molecule has 93 heavy (non-hydrogen) atoms. The summed E-state index contributed by atoms with van der Waals surface area (Å²) in [7, 11) is 0. The predicted octanol–water partition coefficient (Wildman–Crippen LogP) is 23.7. The number of hydrogen-bond donors (Lipinski definition) is 5. The quantitative estimate of drug-likeness (QED) is 0.0384. The summed E-state index contributed by atoms with van der Waals surface area (Å²) in [5.74, 6) is -0.496. The van der Waals surface area contributed by atoms with Crippen LogP contribution < -0.4 is 26.6 Å². The predicted molar refractivity (Wildman–Crippen MR) is 396 cm³/mol. The first-order valence-corrected chi connectivity index (χ1v) is 34.0. The molecule has 9 heteroatoms. The van der Waals surface area contributed by atoms with Crippen LogP contribution in [-0.4, -0.2) is 23.6 Å². The van der Waals surface area contributed by atoms with Gasteiger partial charge in [-0.2, -0.15) is 0 Å². The smallest absolute Gasteiger partial charge is 0.256 e. The normalized spacial score (nSPS) is 12.2. The highest BCUT2D eigenvalue weighted by Crippen LogP contribution is 2.50. The molecule has 10 aromatic carbocycles. The van der Waals surface area contributed by atoms with Gasteiger partial charge < -0.3 is 26.6 Å². The third-order valence-electron chi connectivity index (χ3n) is 19.0. The number of nitrogens with one attached hydrogen (secondary N) is 5. The lowest BCUT2D eigenvalue weighted by molar-refractivity contribution is 0.101. The SMILES string of the molecule is CC(C)c1cccc(C(C)C)c1NC(=O)c1cc2c(C(=O)Nc3c(C(C)C)cccc3C(C)C)ccc3c4ccc(C(=O)Nc5c(C(C)C)cccc5C(C)C)c5c(C(=O)Nc6c(C(C)C)cccc6C(C)C)cc(Nc6c(C(C)C)cccc6C(C)C)c(c(c1)c23)c54. The van der Waals surface area contributed by atoms with Crippen LogP contribution in [0.2, 0.25) is 0 Å². The maximum atomic E-state index is 16.4. The molecule has 0 aliphatic rings.